The molecule has 35 heavy (non-hydrogen) atoms. The number of para-hydroxylation sites is 1. The lowest BCUT2D eigenvalue weighted by Gasteiger charge is -2.25. The molecule has 4 rings (SSSR count). The second kappa shape index (κ2) is 11.1. The van der Waals surface area contributed by atoms with Gasteiger partial charge in [0.1, 0.15) is 0 Å². The highest BCUT2D eigenvalue weighted by Gasteiger charge is 2.42. The zero-order valence-corrected chi connectivity index (χ0v) is 21.1. The van der Waals surface area contributed by atoms with Crippen molar-refractivity contribution >= 4 is 33.2 Å². The molecule has 1 N–H and O–H groups in total. The number of hydrogen-bond donors (Lipinski definition) is 1. The van der Waals surface area contributed by atoms with Crippen LogP contribution in [0.1, 0.15) is 47.8 Å². The second-order valence-electron chi connectivity index (χ2n) is 9.65. The Morgan fingerprint density at radius 1 is 1.26 bits per heavy atom. The number of likely N-dealkylation sites (N-methyl/N-ethyl adjacent to an activating group) is 1. The lowest BCUT2D eigenvalue weighted by Crippen LogP contribution is -2.38. The van der Waals surface area contributed by atoms with Gasteiger partial charge in [-0.15, -0.1) is 0 Å². The molecule has 1 aromatic carbocycles. The fourth-order valence-electron chi connectivity index (χ4n) is 4.84. The topological polar surface area (TPSA) is 52.2 Å². The number of anilines is 1. The molecule has 2 unspecified atom stereocenters. The van der Waals surface area contributed by atoms with Gasteiger partial charge in [-0.2, -0.15) is 13.2 Å². The number of nitrogens with one attached hydrogen (secondary N) is 1. The summed E-state index contributed by atoms with van der Waals surface area (Å²) < 4.78 is 40.5. The Morgan fingerprint density at radius 2 is 2.06 bits per heavy atom. The molecule has 2 aromatic heterocycles. The van der Waals surface area contributed by atoms with E-state index in [0.29, 0.717) is 29.5 Å². The Hall–Kier alpha value is -2.39. The van der Waals surface area contributed by atoms with Gasteiger partial charge in [0.2, 0.25) is 0 Å². The van der Waals surface area contributed by atoms with Crippen molar-refractivity contribution in [2.45, 2.75) is 45.2 Å². The maximum Gasteiger partial charge on any atom is 0.394 e. The molecule has 0 radical (unpaired) electrons. The van der Waals surface area contributed by atoms with Gasteiger partial charge in [-0.1, -0.05) is 49.3 Å². The first-order valence-electron chi connectivity index (χ1n) is 12.3. The molecule has 0 aliphatic carbocycles. The van der Waals surface area contributed by atoms with E-state index in [9.17, 15) is 18.0 Å². The first kappa shape index (κ1) is 25.7. The van der Waals surface area contributed by atoms with E-state index < -0.39 is 12.1 Å². The van der Waals surface area contributed by atoms with Gasteiger partial charge in [-0.05, 0) is 37.4 Å². The average Bonchev–Trinajstić information content (AvgIpc) is 3.41. The van der Waals surface area contributed by atoms with Gasteiger partial charge in [0.25, 0.3) is 0 Å². The molecule has 0 spiro atoms. The van der Waals surface area contributed by atoms with Crippen molar-refractivity contribution < 1.29 is 18.0 Å². The van der Waals surface area contributed by atoms with Gasteiger partial charge in [-0.25, -0.2) is 4.98 Å². The normalized spacial score (nSPS) is 18.7. The average molecular weight is 507 g/mol. The van der Waals surface area contributed by atoms with Crippen LogP contribution in [0.15, 0.2) is 36.7 Å². The van der Waals surface area contributed by atoms with Crippen molar-refractivity contribution in [3.8, 4) is 0 Å². The van der Waals surface area contributed by atoms with Crippen LogP contribution in [0.25, 0.3) is 10.9 Å². The molecule has 3 aromatic rings. The summed E-state index contributed by atoms with van der Waals surface area (Å²) in [5.74, 6) is -1.21. The molecule has 0 saturated carbocycles. The number of rotatable bonds is 9. The number of carbonyl (C=O) groups excluding carboxylic acids is 1. The van der Waals surface area contributed by atoms with Crippen LogP contribution in [0.4, 0.5) is 18.3 Å². The molecule has 0 bridgehead atoms. The Kier molecular flexibility index (Phi) is 8.16. The molecular formula is C26H33F3N4OS. The van der Waals surface area contributed by atoms with Gasteiger partial charge in [0, 0.05) is 49.7 Å². The van der Waals surface area contributed by atoms with Crippen molar-refractivity contribution in [2.24, 2.45) is 11.8 Å². The van der Waals surface area contributed by atoms with Crippen molar-refractivity contribution in [1.82, 2.24) is 14.9 Å². The highest BCUT2D eigenvalue weighted by molar-refractivity contribution is 7.17. The highest BCUT2D eigenvalue weighted by Crippen LogP contribution is 2.33. The maximum absolute atomic E-state index is 13.5. The number of thiazole rings is 1. The van der Waals surface area contributed by atoms with E-state index in [2.05, 4.69) is 23.0 Å². The first-order valence-corrected chi connectivity index (χ1v) is 13.1. The van der Waals surface area contributed by atoms with Crippen LogP contribution in [0.3, 0.4) is 0 Å². The summed E-state index contributed by atoms with van der Waals surface area (Å²) in [5.41, 5.74) is 2.31. The van der Waals surface area contributed by atoms with Crippen LogP contribution in [-0.2, 0) is 6.42 Å². The molecule has 3 heterocycles. The van der Waals surface area contributed by atoms with E-state index >= 15 is 0 Å². The summed E-state index contributed by atoms with van der Waals surface area (Å²) in [6.45, 7) is 2.98. The molecule has 5 nitrogen and oxygen atoms in total. The Labute approximate surface area is 208 Å². The van der Waals surface area contributed by atoms with Crippen LogP contribution in [0.2, 0.25) is 0 Å². The van der Waals surface area contributed by atoms with Crippen LogP contribution in [0.5, 0.6) is 0 Å². The molecule has 9 heteroatoms. The van der Waals surface area contributed by atoms with Gasteiger partial charge in [-0.3, -0.25) is 4.79 Å². The van der Waals surface area contributed by atoms with Crippen LogP contribution in [0, 0.1) is 11.8 Å². The van der Waals surface area contributed by atoms with Gasteiger partial charge in [0.15, 0.2) is 10.9 Å². The standard InChI is InChI=1S/C26H33F3N4OS/c1-3-4-7-18(12-19-14-30-22-9-6-5-8-21(19)22)13-23(34)24-15-31-25(35-24)33-11-10-32(2)16-20(17-33)26(27,28)29/h5-6,8-9,14-15,18,20,30H,3-4,7,10-13,16-17H2,1-2H3. The number of ketones is 1. The Morgan fingerprint density at radius 3 is 2.83 bits per heavy atom. The molecule has 0 amide bonds. The molecule has 1 fully saturated rings. The molecule has 190 valence electrons. The number of benzene rings is 1. The third-order valence-electron chi connectivity index (χ3n) is 6.85. The van der Waals surface area contributed by atoms with Crippen LogP contribution >= 0.6 is 11.3 Å². The minimum atomic E-state index is -4.26. The number of nitrogens with zero attached hydrogens (tertiary/aromatic N) is 3. The number of aromatic amines is 1. The van der Waals surface area contributed by atoms with Crippen molar-refractivity contribution in [3.63, 3.8) is 0 Å². The van der Waals surface area contributed by atoms with E-state index in [-0.39, 0.29) is 24.8 Å². The quantitative estimate of drug-likeness (QED) is 0.352. The fourth-order valence-corrected chi connectivity index (χ4v) is 5.74. The number of halogens is 3. The van der Waals surface area contributed by atoms with E-state index in [0.717, 1.165) is 31.2 Å². The van der Waals surface area contributed by atoms with Crippen LogP contribution < -0.4 is 4.90 Å². The summed E-state index contributed by atoms with van der Waals surface area (Å²) >= 11 is 1.22. The van der Waals surface area contributed by atoms with Crippen LogP contribution in [-0.4, -0.2) is 60.1 Å². The maximum atomic E-state index is 13.5. The second-order valence-corrected chi connectivity index (χ2v) is 10.7. The number of alkyl halides is 3. The number of H-pyrrole nitrogens is 1. The third-order valence-corrected chi connectivity index (χ3v) is 7.95. The lowest BCUT2D eigenvalue weighted by molar-refractivity contribution is -0.174. The van der Waals surface area contributed by atoms with E-state index in [1.54, 1.807) is 23.0 Å². The first-order chi connectivity index (χ1) is 16.7. The van der Waals surface area contributed by atoms with E-state index in [1.165, 1.54) is 22.3 Å². The smallest absolute Gasteiger partial charge is 0.361 e. The van der Waals surface area contributed by atoms with E-state index in [1.807, 2.05) is 24.4 Å². The predicted octanol–water partition coefficient (Wildman–Crippen LogP) is 6.18. The SMILES string of the molecule is CCCCC(CC(=O)c1cnc(N2CCN(C)CC(C(F)(F)F)C2)s1)Cc1c[nH]c2ccccc12. The number of hydrogen-bond acceptors (Lipinski definition) is 5. The summed E-state index contributed by atoms with van der Waals surface area (Å²) in [6.07, 6.45) is 3.61. The zero-order valence-electron chi connectivity index (χ0n) is 20.3. The summed E-state index contributed by atoms with van der Waals surface area (Å²) in [6, 6.07) is 8.17. The zero-order chi connectivity index (χ0) is 25.0. The third kappa shape index (κ3) is 6.44. The Bertz CT molecular complexity index is 1130. The molecule has 1 aliphatic heterocycles. The van der Waals surface area contributed by atoms with Gasteiger partial charge in [0.05, 0.1) is 17.0 Å². The molecule has 1 saturated heterocycles. The summed E-state index contributed by atoms with van der Waals surface area (Å²) in [5, 5.41) is 1.69. The summed E-state index contributed by atoms with van der Waals surface area (Å²) in [4.78, 5) is 24.8. The van der Waals surface area contributed by atoms with Gasteiger partial charge >= 0.3 is 6.18 Å². The number of Topliss-reactive ketones (excluding diaryl/α,β-unsaturated/α-hetero) is 1. The minimum Gasteiger partial charge on any atom is -0.361 e. The molecular weight excluding hydrogens is 473 g/mol. The monoisotopic (exact) mass is 506 g/mol. The minimum absolute atomic E-state index is 0.0222. The molecule has 1 aliphatic rings. The molecule has 2 atom stereocenters. The summed E-state index contributed by atoms with van der Waals surface area (Å²) in [7, 11) is 1.71. The van der Waals surface area contributed by atoms with Gasteiger partial charge < -0.3 is 14.8 Å². The van der Waals surface area contributed by atoms with Crippen molar-refractivity contribution in [2.75, 3.05) is 38.1 Å². The number of aromatic nitrogens is 2. The largest absolute Gasteiger partial charge is 0.394 e. The van der Waals surface area contributed by atoms with Crippen molar-refractivity contribution in [1.29, 1.82) is 0 Å². The highest BCUT2D eigenvalue weighted by atomic mass is 32.1. The van der Waals surface area contributed by atoms with E-state index in [4.69, 9.17) is 0 Å². The lowest BCUT2D eigenvalue weighted by atomic mass is 9.89. The number of fused-ring (bicyclic) bond motifs is 1. The Balaban J connectivity index is 1.46. The fraction of sp³-hybridized carbons (Fsp3) is 0.538. The number of carbonyl (C=O) groups is 1. The number of unbranched alkanes of at least 4 members (excludes halogenated alkanes) is 1. The predicted molar refractivity (Wildman–Crippen MR) is 135 cm³/mol. The van der Waals surface area contributed by atoms with Crippen molar-refractivity contribution in [3.05, 3.63) is 47.1 Å².